The summed E-state index contributed by atoms with van der Waals surface area (Å²) in [7, 11) is 3.64. The van der Waals surface area contributed by atoms with E-state index >= 15 is 0 Å². The summed E-state index contributed by atoms with van der Waals surface area (Å²) in [6.45, 7) is 0. The van der Waals surface area contributed by atoms with Crippen molar-refractivity contribution in [1.29, 1.82) is 0 Å². The molecule has 26 heavy (non-hydrogen) atoms. The molecule has 0 amide bonds. The highest BCUT2D eigenvalue weighted by atomic mass is 32.2. The largest absolute Gasteiger partial charge is 0.611 e. The third kappa shape index (κ3) is 3.22. The van der Waals surface area contributed by atoms with Gasteiger partial charge >= 0.3 is 0 Å². The van der Waals surface area contributed by atoms with Gasteiger partial charge in [-0.05, 0) is 30.1 Å². The lowest BCUT2D eigenvalue weighted by atomic mass is 9.81. The van der Waals surface area contributed by atoms with Crippen LogP contribution in [0.5, 0.6) is 5.88 Å². The number of aromatic nitrogens is 4. The lowest BCUT2D eigenvalue weighted by Gasteiger charge is -2.41. The first-order valence-electron chi connectivity index (χ1n) is 8.55. The molecule has 3 aromatic rings. The summed E-state index contributed by atoms with van der Waals surface area (Å²) in [5.41, 5.74) is 0.852. The predicted octanol–water partition coefficient (Wildman–Crippen LogP) is 2.38. The van der Waals surface area contributed by atoms with Crippen LogP contribution in [0.1, 0.15) is 12.8 Å². The van der Waals surface area contributed by atoms with E-state index in [2.05, 4.69) is 31.9 Å². The molecular weight excluding hydrogens is 350 g/mol. The molecule has 136 valence electrons. The molecule has 1 N–H and O–H groups in total. The first-order valence-corrected chi connectivity index (χ1v) is 9.87. The normalized spacial score (nSPS) is 20.6. The Kier molecular flexibility index (Phi) is 4.69. The van der Waals surface area contributed by atoms with Gasteiger partial charge in [0.25, 0.3) is 0 Å². The van der Waals surface area contributed by atoms with Gasteiger partial charge in [0.15, 0.2) is 4.90 Å². The first kappa shape index (κ1) is 17.1. The fraction of sp³-hybridized carbons (Fsp3) is 0.389. The van der Waals surface area contributed by atoms with E-state index in [1.807, 2.05) is 12.3 Å². The number of hydrogen-bond donors (Lipinski definition) is 1. The van der Waals surface area contributed by atoms with Crippen molar-refractivity contribution in [2.45, 2.75) is 23.8 Å². The van der Waals surface area contributed by atoms with Gasteiger partial charge in [-0.25, -0.2) is 15.0 Å². The Morgan fingerprint density at radius 1 is 1.31 bits per heavy atom. The smallest absolute Gasteiger partial charge is 0.217 e. The van der Waals surface area contributed by atoms with Crippen LogP contribution < -0.4 is 9.64 Å². The molecule has 3 heterocycles. The zero-order valence-electron chi connectivity index (χ0n) is 14.8. The minimum atomic E-state index is -1.03. The van der Waals surface area contributed by atoms with E-state index in [-0.39, 0.29) is 0 Å². The molecule has 1 aliphatic carbocycles. The molecule has 0 bridgehead atoms. The summed E-state index contributed by atoms with van der Waals surface area (Å²) in [6.07, 6.45) is 7.14. The van der Waals surface area contributed by atoms with Gasteiger partial charge in [0, 0.05) is 37.5 Å². The summed E-state index contributed by atoms with van der Waals surface area (Å²) in [5, 5.41) is 1.03. The van der Waals surface area contributed by atoms with E-state index in [4.69, 9.17) is 4.74 Å². The van der Waals surface area contributed by atoms with Crippen LogP contribution >= 0.6 is 0 Å². The molecule has 0 radical (unpaired) electrons. The third-order valence-electron chi connectivity index (χ3n) is 4.99. The highest BCUT2D eigenvalue weighted by Gasteiger charge is 2.36. The van der Waals surface area contributed by atoms with Crippen molar-refractivity contribution in [3.05, 3.63) is 36.9 Å². The Balaban J connectivity index is 1.37. The van der Waals surface area contributed by atoms with E-state index in [0.717, 1.165) is 34.6 Å². The number of H-pyrrole nitrogens is 1. The highest BCUT2D eigenvalue weighted by Crippen LogP contribution is 2.36. The fourth-order valence-corrected chi connectivity index (χ4v) is 4.76. The second kappa shape index (κ2) is 7.13. The van der Waals surface area contributed by atoms with Gasteiger partial charge in [-0.2, -0.15) is 0 Å². The van der Waals surface area contributed by atoms with E-state index in [0.29, 0.717) is 23.6 Å². The minimum absolute atomic E-state index is 0.414. The Bertz CT molecular complexity index is 896. The molecular formula is C18H21N5O2S. The van der Waals surface area contributed by atoms with E-state index in [9.17, 15) is 4.55 Å². The Morgan fingerprint density at radius 3 is 2.96 bits per heavy atom. The van der Waals surface area contributed by atoms with Crippen molar-refractivity contribution >= 4 is 28.0 Å². The standard InChI is InChI=1S/C18H21N5O2S/c1-23(18-15-4-6-20-17(15)21-11-22-18)13-7-12(8-13)10-26(24)14-3-5-19-16(9-14)25-2/h3-6,9,11-13H,7-8,10H2,1-2H3,(H,20,21,22)/t12-,13+,26?. The van der Waals surface area contributed by atoms with Gasteiger partial charge in [-0.1, -0.05) is 0 Å². The zero-order chi connectivity index (χ0) is 18.1. The SMILES string of the molecule is COc1cc([S+]([O-])C[C@H]2C[C@@H](N(C)c3ncnc4[nH]ccc34)C2)ccn1. The van der Waals surface area contributed by atoms with Crippen LogP contribution in [0.25, 0.3) is 11.0 Å². The number of pyridine rings is 1. The van der Waals surface area contributed by atoms with E-state index in [1.165, 1.54) is 0 Å². The quantitative estimate of drug-likeness (QED) is 0.669. The molecule has 0 saturated heterocycles. The predicted molar refractivity (Wildman–Crippen MR) is 101 cm³/mol. The molecule has 4 rings (SSSR count). The van der Waals surface area contributed by atoms with Gasteiger partial charge in [0.1, 0.15) is 23.5 Å². The summed E-state index contributed by atoms with van der Waals surface area (Å²) < 4.78 is 17.7. The van der Waals surface area contributed by atoms with Crippen molar-refractivity contribution < 1.29 is 9.29 Å². The number of nitrogens with zero attached hydrogens (tertiary/aromatic N) is 4. The maximum absolute atomic E-state index is 12.6. The molecule has 0 aromatic carbocycles. The van der Waals surface area contributed by atoms with Crippen LogP contribution in [0, 0.1) is 5.92 Å². The minimum Gasteiger partial charge on any atom is -0.611 e. The summed E-state index contributed by atoms with van der Waals surface area (Å²) in [4.78, 5) is 18.9. The number of aromatic amines is 1. The molecule has 3 aromatic heterocycles. The molecule has 1 saturated carbocycles. The molecule has 0 spiro atoms. The van der Waals surface area contributed by atoms with Gasteiger partial charge in [0.05, 0.1) is 18.6 Å². The van der Waals surface area contributed by atoms with Crippen LogP contribution in [0.2, 0.25) is 0 Å². The summed E-state index contributed by atoms with van der Waals surface area (Å²) in [6, 6.07) is 5.96. The van der Waals surface area contributed by atoms with Gasteiger partial charge < -0.3 is 19.2 Å². The number of rotatable bonds is 6. The Morgan fingerprint density at radius 2 is 2.15 bits per heavy atom. The van der Waals surface area contributed by atoms with Crippen molar-refractivity contribution in [2.75, 3.05) is 24.8 Å². The number of anilines is 1. The van der Waals surface area contributed by atoms with E-state index < -0.39 is 11.2 Å². The average molecular weight is 371 g/mol. The number of ether oxygens (including phenoxy) is 1. The Labute approximate surface area is 155 Å². The van der Waals surface area contributed by atoms with E-state index in [1.54, 1.807) is 31.8 Å². The second-order valence-corrected chi connectivity index (χ2v) is 8.08. The molecule has 1 unspecified atom stereocenters. The number of fused-ring (bicyclic) bond motifs is 1. The topological polar surface area (TPSA) is 90.0 Å². The molecule has 1 atom stereocenters. The van der Waals surface area contributed by atoms with Crippen molar-refractivity contribution in [1.82, 2.24) is 19.9 Å². The van der Waals surface area contributed by atoms with Crippen LogP contribution in [-0.2, 0) is 11.2 Å². The van der Waals surface area contributed by atoms with Crippen LogP contribution in [0.4, 0.5) is 5.82 Å². The summed E-state index contributed by atoms with van der Waals surface area (Å²) >= 11 is -1.03. The van der Waals surface area contributed by atoms with Crippen molar-refractivity contribution in [3.8, 4) is 5.88 Å². The Hall–Kier alpha value is -2.32. The number of hydrogen-bond acceptors (Lipinski definition) is 6. The zero-order valence-corrected chi connectivity index (χ0v) is 15.6. The molecule has 0 aliphatic heterocycles. The van der Waals surface area contributed by atoms with Crippen LogP contribution in [-0.4, -0.2) is 50.4 Å². The number of nitrogens with one attached hydrogen (secondary N) is 1. The van der Waals surface area contributed by atoms with Crippen molar-refractivity contribution in [3.63, 3.8) is 0 Å². The lowest BCUT2D eigenvalue weighted by Crippen LogP contribution is -2.45. The maximum atomic E-state index is 12.6. The average Bonchev–Trinajstić information content (AvgIpc) is 3.12. The van der Waals surface area contributed by atoms with Gasteiger partial charge in [-0.3, -0.25) is 0 Å². The molecule has 1 fully saturated rings. The third-order valence-corrected chi connectivity index (χ3v) is 6.54. The molecule has 7 nitrogen and oxygen atoms in total. The number of methoxy groups -OCH3 is 1. The summed E-state index contributed by atoms with van der Waals surface area (Å²) in [5.74, 6) is 2.56. The maximum Gasteiger partial charge on any atom is 0.217 e. The fourth-order valence-electron chi connectivity index (χ4n) is 3.42. The molecule has 8 heteroatoms. The van der Waals surface area contributed by atoms with Crippen LogP contribution in [0.15, 0.2) is 41.8 Å². The van der Waals surface area contributed by atoms with Crippen LogP contribution in [0.3, 0.4) is 0 Å². The first-order chi connectivity index (χ1) is 12.7. The monoisotopic (exact) mass is 371 g/mol. The molecule has 1 aliphatic rings. The lowest BCUT2D eigenvalue weighted by molar-refractivity contribution is 0.282. The highest BCUT2D eigenvalue weighted by molar-refractivity contribution is 7.91. The van der Waals surface area contributed by atoms with Gasteiger partial charge in [-0.15, -0.1) is 0 Å². The second-order valence-electron chi connectivity index (χ2n) is 6.59. The van der Waals surface area contributed by atoms with Gasteiger partial charge in [0.2, 0.25) is 5.88 Å². The van der Waals surface area contributed by atoms with Crippen molar-refractivity contribution in [2.24, 2.45) is 5.92 Å².